The summed E-state index contributed by atoms with van der Waals surface area (Å²) in [5.41, 5.74) is 13.0. The van der Waals surface area contributed by atoms with E-state index in [1.807, 2.05) is 12.3 Å². The molecule has 2 nitrogen and oxygen atoms in total. The fourth-order valence-electron chi connectivity index (χ4n) is 6.84. The second-order valence-corrected chi connectivity index (χ2v) is 13.4. The molecule has 0 atom stereocenters. The van der Waals surface area contributed by atoms with Crippen molar-refractivity contribution < 1.29 is 0 Å². The van der Waals surface area contributed by atoms with Crippen LogP contribution >= 0.6 is 11.3 Å². The molecule has 0 fully saturated rings. The maximum Gasteiger partial charge on any atom is 0.124 e. The lowest BCUT2D eigenvalue weighted by Crippen LogP contribution is -2.09. The predicted octanol–water partition coefficient (Wildman–Crippen LogP) is 13.6. The molecule has 0 saturated carbocycles. The van der Waals surface area contributed by atoms with Crippen molar-refractivity contribution in [1.29, 1.82) is 0 Å². The first kappa shape index (κ1) is 29.8. The molecule has 3 heteroatoms. The zero-order valence-electron chi connectivity index (χ0n) is 27.3. The van der Waals surface area contributed by atoms with E-state index in [1.165, 1.54) is 60.0 Å². The van der Waals surface area contributed by atoms with Crippen molar-refractivity contribution in [1.82, 2.24) is 4.98 Å². The Morgan fingerprint density at radius 3 is 1.50 bits per heavy atom. The molecule has 0 amide bonds. The summed E-state index contributed by atoms with van der Waals surface area (Å²) in [6, 6.07) is 67.4. The summed E-state index contributed by atoms with van der Waals surface area (Å²) in [4.78, 5) is 8.01. The first-order valence-corrected chi connectivity index (χ1v) is 17.7. The normalized spacial score (nSPS) is 11.2. The van der Waals surface area contributed by atoms with Crippen LogP contribution in [0.15, 0.2) is 194 Å². The number of benzene rings is 7. The molecule has 0 N–H and O–H groups in total. The van der Waals surface area contributed by atoms with E-state index in [4.69, 9.17) is 0 Å². The summed E-state index contributed by atoms with van der Waals surface area (Å²) >= 11 is 1.77. The maximum atomic E-state index is 4.62. The Morgan fingerprint density at radius 1 is 0.360 bits per heavy atom. The third-order valence-electron chi connectivity index (χ3n) is 9.37. The fourth-order valence-corrected chi connectivity index (χ4v) is 8.02. The van der Waals surface area contributed by atoms with E-state index in [-0.39, 0.29) is 0 Å². The molecule has 0 bridgehead atoms. The van der Waals surface area contributed by atoms with E-state index in [9.17, 15) is 0 Å². The van der Waals surface area contributed by atoms with Gasteiger partial charge in [0.15, 0.2) is 0 Å². The lowest BCUT2D eigenvalue weighted by atomic mass is 9.96. The number of fused-ring (bicyclic) bond motifs is 3. The van der Waals surface area contributed by atoms with Crippen molar-refractivity contribution in [3.8, 4) is 44.5 Å². The Morgan fingerprint density at radius 2 is 0.840 bits per heavy atom. The Labute approximate surface area is 296 Å². The average molecular weight is 657 g/mol. The van der Waals surface area contributed by atoms with Gasteiger partial charge in [0.25, 0.3) is 0 Å². The number of para-hydroxylation sites is 1. The van der Waals surface area contributed by atoms with Crippen LogP contribution in [0.25, 0.3) is 64.8 Å². The molecular weight excluding hydrogens is 625 g/mol. The Bertz CT molecular complexity index is 2550. The van der Waals surface area contributed by atoms with Gasteiger partial charge in [-0.2, -0.15) is 0 Å². The van der Waals surface area contributed by atoms with Gasteiger partial charge in [-0.25, -0.2) is 4.98 Å². The first-order chi connectivity index (χ1) is 24.8. The highest BCUT2D eigenvalue weighted by Gasteiger charge is 2.14. The van der Waals surface area contributed by atoms with Gasteiger partial charge in [-0.05, 0) is 99.1 Å². The van der Waals surface area contributed by atoms with Crippen molar-refractivity contribution in [3.63, 3.8) is 0 Å². The van der Waals surface area contributed by atoms with Gasteiger partial charge in [-0.3, -0.25) is 0 Å². The first-order valence-electron chi connectivity index (χ1n) is 16.9. The van der Waals surface area contributed by atoms with E-state index >= 15 is 0 Å². The number of pyridine rings is 1. The number of hydrogen-bond donors (Lipinski definition) is 0. The molecule has 236 valence electrons. The Kier molecular flexibility index (Phi) is 7.73. The molecule has 0 aliphatic heterocycles. The highest BCUT2D eigenvalue weighted by atomic mass is 32.1. The highest BCUT2D eigenvalue weighted by molar-refractivity contribution is 7.26. The van der Waals surface area contributed by atoms with Crippen LogP contribution in [0.1, 0.15) is 0 Å². The predicted molar refractivity (Wildman–Crippen MR) is 214 cm³/mol. The topological polar surface area (TPSA) is 16.1 Å². The van der Waals surface area contributed by atoms with Crippen LogP contribution in [-0.2, 0) is 0 Å². The smallest absolute Gasteiger partial charge is 0.124 e. The van der Waals surface area contributed by atoms with Gasteiger partial charge < -0.3 is 4.90 Å². The largest absolute Gasteiger partial charge is 0.311 e. The number of hydrogen-bond acceptors (Lipinski definition) is 3. The van der Waals surface area contributed by atoms with Crippen LogP contribution in [0.4, 0.5) is 17.1 Å². The second-order valence-electron chi connectivity index (χ2n) is 12.4. The van der Waals surface area contributed by atoms with Gasteiger partial charge in [0.2, 0.25) is 0 Å². The van der Waals surface area contributed by atoms with Crippen molar-refractivity contribution in [3.05, 3.63) is 194 Å². The van der Waals surface area contributed by atoms with E-state index in [0.717, 1.165) is 21.9 Å². The van der Waals surface area contributed by atoms with Gasteiger partial charge in [0.1, 0.15) is 4.83 Å². The Hall–Kier alpha value is -6.29. The molecular formula is C47H32N2S. The molecule has 7 aromatic carbocycles. The number of rotatable bonds is 7. The zero-order valence-corrected chi connectivity index (χ0v) is 28.1. The number of aromatic nitrogens is 1. The van der Waals surface area contributed by atoms with Crippen molar-refractivity contribution in [2.24, 2.45) is 0 Å². The number of thiophene rings is 1. The molecule has 0 unspecified atom stereocenters. The summed E-state index contributed by atoms with van der Waals surface area (Å²) in [5, 5.41) is 2.49. The van der Waals surface area contributed by atoms with Crippen LogP contribution in [0.2, 0.25) is 0 Å². The molecule has 0 aliphatic carbocycles. The third kappa shape index (κ3) is 5.64. The molecule has 0 radical (unpaired) electrons. The average Bonchev–Trinajstić information content (AvgIpc) is 3.59. The van der Waals surface area contributed by atoms with E-state index in [1.54, 1.807) is 11.3 Å². The molecule has 9 aromatic rings. The van der Waals surface area contributed by atoms with Crippen LogP contribution in [0, 0.1) is 0 Å². The minimum Gasteiger partial charge on any atom is -0.311 e. The number of nitrogens with zero attached hydrogens (tertiary/aromatic N) is 2. The second kappa shape index (κ2) is 13.0. The molecule has 0 aliphatic rings. The third-order valence-corrected chi connectivity index (χ3v) is 10.5. The number of anilines is 3. The molecule has 50 heavy (non-hydrogen) atoms. The molecule has 9 rings (SSSR count). The fraction of sp³-hybridized carbons (Fsp3) is 0. The molecule has 2 heterocycles. The van der Waals surface area contributed by atoms with E-state index in [0.29, 0.717) is 0 Å². The summed E-state index contributed by atoms with van der Waals surface area (Å²) < 4.78 is 1.28. The zero-order chi connectivity index (χ0) is 33.3. The molecule has 2 aromatic heterocycles. The SMILES string of the molecule is c1ccc(-c2ccc(N(c3ccccc3)c3ccc(-c4ccc(-c5cccc(-c6cccc7c6sc6ncccc67)c5)cc4)cc3)cc2)cc1. The van der Waals surface area contributed by atoms with Crippen LogP contribution < -0.4 is 4.90 Å². The lowest BCUT2D eigenvalue weighted by Gasteiger charge is -2.26. The van der Waals surface area contributed by atoms with E-state index < -0.39 is 0 Å². The monoisotopic (exact) mass is 656 g/mol. The molecule has 0 saturated heterocycles. The van der Waals surface area contributed by atoms with Gasteiger partial charge >= 0.3 is 0 Å². The summed E-state index contributed by atoms with van der Waals surface area (Å²) in [6.07, 6.45) is 1.88. The van der Waals surface area contributed by atoms with Crippen LogP contribution in [0.5, 0.6) is 0 Å². The highest BCUT2D eigenvalue weighted by Crippen LogP contribution is 2.40. The van der Waals surface area contributed by atoms with Gasteiger partial charge in [0.05, 0.1) is 0 Å². The van der Waals surface area contributed by atoms with Crippen LogP contribution in [0.3, 0.4) is 0 Å². The molecule has 0 spiro atoms. The standard InChI is InChI=1S/C47H32N2S/c1-3-10-33(11-4-1)35-23-27-41(28-24-35)49(40-14-5-2-6-15-40)42-29-25-36(26-30-42)34-19-21-37(22-20-34)38-12-7-13-39(32-38)43-16-8-17-44-45-18-9-31-48-47(45)50-46(43)44/h1-32H. The van der Waals surface area contributed by atoms with Crippen molar-refractivity contribution in [2.45, 2.75) is 0 Å². The van der Waals surface area contributed by atoms with E-state index in [2.05, 4.69) is 192 Å². The summed E-state index contributed by atoms with van der Waals surface area (Å²) in [5.74, 6) is 0. The maximum absolute atomic E-state index is 4.62. The van der Waals surface area contributed by atoms with Gasteiger partial charge in [-0.1, -0.05) is 133 Å². The van der Waals surface area contributed by atoms with Gasteiger partial charge in [0, 0.05) is 38.7 Å². The van der Waals surface area contributed by atoms with Crippen LogP contribution in [-0.4, -0.2) is 4.98 Å². The lowest BCUT2D eigenvalue weighted by molar-refractivity contribution is 1.28. The summed E-state index contributed by atoms with van der Waals surface area (Å²) in [6.45, 7) is 0. The minimum absolute atomic E-state index is 1.08. The van der Waals surface area contributed by atoms with Crippen molar-refractivity contribution >= 4 is 48.7 Å². The minimum atomic E-state index is 1.08. The summed E-state index contributed by atoms with van der Waals surface area (Å²) in [7, 11) is 0. The van der Waals surface area contributed by atoms with Crippen molar-refractivity contribution in [2.75, 3.05) is 4.90 Å². The quantitative estimate of drug-likeness (QED) is 0.170. The van der Waals surface area contributed by atoms with Gasteiger partial charge in [-0.15, -0.1) is 11.3 Å². The Balaban J connectivity index is 0.991.